The fraction of sp³-hybridized carbons (Fsp3) is 0.412. The Morgan fingerprint density at radius 2 is 0.631 bits per heavy atom. The molecule has 0 bridgehead atoms. The molecule has 444 valence electrons. The lowest BCUT2D eigenvalue weighted by atomic mass is 9.91. The van der Waals surface area contributed by atoms with Crippen molar-refractivity contribution in [3.8, 4) is 0 Å². The summed E-state index contributed by atoms with van der Waals surface area (Å²) in [6, 6.07) is 57.9. The molecule has 16 heteroatoms. The molecule has 2 N–H and O–H groups in total. The highest BCUT2D eigenvalue weighted by Gasteiger charge is 2.52. The molecule has 3 saturated heterocycles. The third-order valence-corrected chi connectivity index (χ3v) is 15.7. The van der Waals surface area contributed by atoms with Gasteiger partial charge in [-0.2, -0.15) is 0 Å². The zero-order valence-electron chi connectivity index (χ0n) is 48.5. The van der Waals surface area contributed by atoms with E-state index in [0.717, 1.165) is 33.4 Å². The molecule has 3 heterocycles. The third-order valence-electron chi connectivity index (χ3n) is 15.7. The van der Waals surface area contributed by atoms with Crippen LogP contribution in [0.1, 0.15) is 60.1 Å². The predicted molar refractivity (Wildman–Crippen MR) is 321 cm³/mol. The first kappa shape index (κ1) is 61.4. The first-order valence-electron chi connectivity index (χ1n) is 29.8. The van der Waals surface area contributed by atoms with Crippen LogP contribution in [-0.2, 0) is 87.2 Å². The Balaban J connectivity index is 0.837. The number of carbonyl (C=O) groups excluding carboxylic acids is 4. The van der Waals surface area contributed by atoms with Gasteiger partial charge < -0.3 is 48.9 Å². The minimum atomic E-state index is -0.968. The number of nitrogens with zero attached hydrogens (tertiary/aromatic N) is 4. The van der Waals surface area contributed by atoms with Crippen LogP contribution in [0.15, 0.2) is 182 Å². The number of rotatable bonds is 30. The lowest BCUT2D eigenvalue weighted by Crippen LogP contribution is -2.68. The van der Waals surface area contributed by atoms with E-state index in [-0.39, 0.29) is 89.4 Å². The van der Waals surface area contributed by atoms with Crippen LogP contribution in [-0.4, -0.2) is 157 Å². The highest BCUT2D eigenvalue weighted by atomic mass is 16.6. The van der Waals surface area contributed by atoms with Gasteiger partial charge in [0.25, 0.3) is 11.8 Å². The van der Waals surface area contributed by atoms with Crippen molar-refractivity contribution in [3.05, 3.63) is 215 Å². The Hall–Kier alpha value is -7.12. The third kappa shape index (κ3) is 17.5. The van der Waals surface area contributed by atoms with Gasteiger partial charge in [-0.25, -0.2) is 0 Å². The molecular formula is C68H82N6O10. The van der Waals surface area contributed by atoms with E-state index in [9.17, 15) is 19.2 Å². The molecule has 16 nitrogen and oxygen atoms in total. The summed E-state index contributed by atoms with van der Waals surface area (Å²) in [5.41, 5.74) is 5.69. The molecule has 8 atom stereocenters. The van der Waals surface area contributed by atoms with Crippen molar-refractivity contribution in [2.45, 2.75) is 115 Å². The lowest BCUT2D eigenvalue weighted by Gasteiger charge is -2.48. The van der Waals surface area contributed by atoms with Crippen molar-refractivity contribution >= 4 is 23.6 Å². The van der Waals surface area contributed by atoms with Gasteiger partial charge in [-0.15, -0.1) is 0 Å². The van der Waals surface area contributed by atoms with Crippen molar-refractivity contribution in [1.82, 2.24) is 30.2 Å². The zero-order valence-corrected chi connectivity index (χ0v) is 48.5. The van der Waals surface area contributed by atoms with E-state index in [4.69, 9.17) is 28.4 Å². The van der Waals surface area contributed by atoms with Crippen LogP contribution >= 0.6 is 0 Å². The smallest absolute Gasteiger partial charge is 0.254 e. The highest BCUT2D eigenvalue weighted by molar-refractivity contribution is 5.84. The maximum Gasteiger partial charge on any atom is 0.254 e. The molecule has 0 aromatic heterocycles. The Labute approximate surface area is 495 Å². The van der Waals surface area contributed by atoms with Gasteiger partial charge in [0, 0.05) is 52.4 Å². The fourth-order valence-electron chi connectivity index (χ4n) is 11.3. The first-order valence-corrected chi connectivity index (χ1v) is 29.8. The topological polar surface area (TPSA) is 161 Å². The Morgan fingerprint density at radius 1 is 0.381 bits per heavy atom. The van der Waals surface area contributed by atoms with Crippen molar-refractivity contribution in [3.63, 3.8) is 0 Å². The Bertz CT molecular complexity index is 2710. The van der Waals surface area contributed by atoms with Crippen LogP contribution in [0.25, 0.3) is 0 Å². The van der Waals surface area contributed by atoms with E-state index >= 15 is 0 Å². The van der Waals surface area contributed by atoms with Crippen LogP contribution in [0.3, 0.4) is 0 Å². The molecule has 9 rings (SSSR count). The minimum absolute atomic E-state index is 0.137. The summed E-state index contributed by atoms with van der Waals surface area (Å²) in [5, 5.41) is 6.37. The number of hydrogen-bond donors (Lipinski definition) is 2. The van der Waals surface area contributed by atoms with E-state index < -0.39 is 48.7 Å². The number of amides is 4. The van der Waals surface area contributed by atoms with Crippen LogP contribution in [0, 0.1) is 0 Å². The molecule has 0 unspecified atom stereocenters. The Morgan fingerprint density at radius 3 is 0.893 bits per heavy atom. The number of carbonyl (C=O) groups is 4. The summed E-state index contributed by atoms with van der Waals surface area (Å²) in [4.78, 5) is 65.3. The molecule has 4 amide bonds. The molecule has 0 spiro atoms. The number of piperidine rings is 2. The summed E-state index contributed by atoms with van der Waals surface area (Å²) in [7, 11) is 0. The molecule has 3 fully saturated rings. The molecular weight excluding hydrogens is 1060 g/mol. The van der Waals surface area contributed by atoms with Crippen LogP contribution in [0.5, 0.6) is 0 Å². The van der Waals surface area contributed by atoms with Gasteiger partial charge in [0.1, 0.15) is 24.4 Å². The monoisotopic (exact) mass is 1140 g/mol. The number of piperazine rings is 1. The summed E-state index contributed by atoms with van der Waals surface area (Å²) in [6.07, 6.45) is -3.50. The fourth-order valence-corrected chi connectivity index (χ4v) is 11.3. The summed E-state index contributed by atoms with van der Waals surface area (Å²) < 4.78 is 40.2. The van der Waals surface area contributed by atoms with Crippen molar-refractivity contribution in [2.75, 3.05) is 65.4 Å². The maximum absolute atomic E-state index is 14.8. The number of benzene rings is 6. The minimum Gasteiger partial charge on any atom is -0.368 e. The summed E-state index contributed by atoms with van der Waals surface area (Å²) in [6.45, 7) is 9.13. The normalized spacial score (nSPS) is 22.2. The van der Waals surface area contributed by atoms with E-state index in [1.54, 1.807) is 9.80 Å². The van der Waals surface area contributed by atoms with Crippen LogP contribution < -0.4 is 10.6 Å². The average Bonchev–Trinajstić information content (AvgIpc) is 2.97. The average molecular weight is 1140 g/mol. The van der Waals surface area contributed by atoms with E-state index in [0.29, 0.717) is 52.1 Å². The molecule has 0 radical (unpaired) electrons. The SMILES string of the molecule is CCCN1C(=O)[C@H](OCc2ccccc2)[C@@H](OCc2ccccc2)[C@H](OCc2ccccc2)[C@H]1CNC(=O)CN1CCN(CC(=O)NC[C@@H]2[C@@H](OCc3ccccc3)[C@H](OCc3ccccc3)[C@@H](OCc3ccccc3)C(=O)N2CCC)CC1. The largest absolute Gasteiger partial charge is 0.368 e. The van der Waals surface area contributed by atoms with Crippen LogP contribution in [0.4, 0.5) is 0 Å². The molecule has 0 aliphatic carbocycles. The molecule has 0 saturated carbocycles. The predicted octanol–water partition coefficient (Wildman–Crippen LogP) is 7.59. The van der Waals surface area contributed by atoms with Gasteiger partial charge in [0.05, 0.1) is 64.8 Å². The first-order chi connectivity index (χ1) is 41.2. The second kappa shape index (κ2) is 32.2. The molecule has 84 heavy (non-hydrogen) atoms. The van der Waals surface area contributed by atoms with Gasteiger partial charge in [0.2, 0.25) is 11.8 Å². The van der Waals surface area contributed by atoms with Gasteiger partial charge >= 0.3 is 0 Å². The molecule has 6 aromatic carbocycles. The molecule has 3 aliphatic heterocycles. The van der Waals surface area contributed by atoms with Crippen molar-refractivity contribution in [2.24, 2.45) is 0 Å². The van der Waals surface area contributed by atoms with Gasteiger partial charge in [-0.3, -0.25) is 29.0 Å². The van der Waals surface area contributed by atoms with Gasteiger partial charge in [-0.05, 0) is 46.2 Å². The second-order valence-corrected chi connectivity index (χ2v) is 21.8. The summed E-state index contributed by atoms with van der Waals surface area (Å²) >= 11 is 0. The number of nitrogens with one attached hydrogen (secondary N) is 2. The maximum atomic E-state index is 14.8. The van der Waals surface area contributed by atoms with E-state index in [1.165, 1.54) is 0 Å². The standard InChI is InChI=1S/C68H82N6O10/c1-3-35-73-57(61(79-45-51-23-11-5-12-24-51)63(81-47-53-27-15-7-16-28-53)65(67(73)77)83-49-55-31-19-9-20-32-55)41-69-59(75)43-71-37-39-72(40-38-71)44-60(76)70-42-58-62(80-46-52-25-13-6-14-26-52)64(82-48-54-29-17-8-18-30-54)66(68(78)74(58)36-4-2)84-50-56-33-21-10-22-34-56/h5-34,57-58,61-66H,3-4,35-50H2,1-2H3,(H,69,75)(H,70,76)/t57-,58-,61-,62-,63+,64+,65-,66-/m1/s1. The number of ether oxygens (including phenoxy) is 6. The van der Waals surface area contributed by atoms with E-state index in [2.05, 4.69) is 20.4 Å². The highest BCUT2D eigenvalue weighted by Crippen LogP contribution is 2.32. The second-order valence-electron chi connectivity index (χ2n) is 21.8. The van der Waals surface area contributed by atoms with Gasteiger partial charge in [0.15, 0.2) is 12.2 Å². The lowest BCUT2D eigenvalue weighted by molar-refractivity contribution is -0.208. The Kier molecular flexibility index (Phi) is 23.6. The zero-order chi connectivity index (χ0) is 58.3. The number of hydrogen-bond acceptors (Lipinski definition) is 12. The van der Waals surface area contributed by atoms with Gasteiger partial charge in [-0.1, -0.05) is 196 Å². The van der Waals surface area contributed by atoms with Crippen molar-refractivity contribution < 1.29 is 47.6 Å². The van der Waals surface area contributed by atoms with E-state index in [1.807, 2.05) is 196 Å². The van der Waals surface area contributed by atoms with Crippen LogP contribution in [0.2, 0.25) is 0 Å². The number of likely N-dealkylation sites (tertiary alicyclic amines) is 2. The van der Waals surface area contributed by atoms with Crippen molar-refractivity contribution in [1.29, 1.82) is 0 Å². The summed E-state index contributed by atoms with van der Waals surface area (Å²) in [5.74, 6) is -0.780. The molecule has 3 aliphatic rings. The molecule has 6 aromatic rings. The quantitative estimate of drug-likeness (QED) is 0.0456.